The van der Waals surface area contributed by atoms with Gasteiger partial charge in [0.25, 0.3) is 0 Å². The van der Waals surface area contributed by atoms with Crippen molar-refractivity contribution in [3.63, 3.8) is 0 Å². The second kappa shape index (κ2) is 5.52. The predicted molar refractivity (Wildman–Crippen MR) is 93.5 cm³/mol. The van der Waals surface area contributed by atoms with E-state index in [0.717, 1.165) is 22.4 Å². The lowest BCUT2D eigenvalue weighted by atomic mass is 10.1. The van der Waals surface area contributed by atoms with Gasteiger partial charge in [0.05, 0.1) is 5.39 Å². The van der Waals surface area contributed by atoms with Crippen LogP contribution < -0.4 is 5.73 Å². The zero-order chi connectivity index (χ0) is 15.8. The third-order valence-corrected chi connectivity index (χ3v) is 4.68. The van der Waals surface area contributed by atoms with E-state index in [0.29, 0.717) is 17.4 Å². The van der Waals surface area contributed by atoms with Crippen LogP contribution in [0.4, 0.5) is 5.82 Å². The number of benzene rings is 1. The molecule has 0 aliphatic carbocycles. The lowest BCUT2D eigenvalue weighted by Gasteiger charge is -1.99. The van der Waals surface area contributed by atoms with Crippen LogP contribution >= 0.6 is 11.3 Å². The zero-order valence-electron chi connectivity index (χ0n) is 12.6. The summed E-state index contributed by atoms with van der Waals surface area (Å²) < 4.78 is 5.60. The normalized spacial score (nSPS) is 11.2. The Morgan fingerprint density at radius 3 is 2.65 bits per heavy atom. The van der Waals surface area contributed by atoms with Crippen molar-refractivity contribution in [2.24, 2.45) is 0 Å². The monoisotopic (exact) mass is 321 g/mol. The van der Waals surface area contributed by atoms with Crippen LogP contribution in [-0.2, 0) is 6.42 Å². The van der Waals surface area contributed by atoms with Crippen LogP contribution in [0.1, 0.15) is 16.2 Å². The number of fused-ring (bicyclic) bond motifs is 1. The van der Waals surface area contributed by atoms with Gasteiger partial charge in [-0.1, -0.05) is 30.3 Å². The molecule has 0 atom stereocenters. The van der Waals surface area contributed by atoms with Crippen molar-refractivity contribution in [3.05, 3.63) is 64.7 Å². The number of anilines is 1. The molecular formula is C18H15N3OS. The van der Waals surface area contributed by atoms with E-state index in [2.05, 4.69) is 28.2 Å². The Morgan fingerprint density at radius 1 is 1.09 bits per heavy atom. The minimum atomic E-state index is 0.495. The number of nitrogens with zero attached hydrogens (tertiary/aromatic N) is 2. The van der Waals surface area contributed by atoms with Crippen LogP contribution in [0.5, 0.6) is 0 Å². The molecule has 0 saturated heterocycles. The van der Waals surface area contributed by atoms with E-state index in [4.69, 9.17) is 10.2 Å². The molecule has 2 N–H and O–H groups in total. The number of nitrogen functional groups attached to an aromatic ring is 1. The predicted octanol–water partition coefficient (Wildman–Crippen LogP) is 4.43. The van der Waals surface area contributed by atoms with Gasteiger partial charge < -0.3 is 10.2 Å². The molecule has 0 aliphatic heterocycles. The maximum absolute atomic E-state index is 6.12. The number of aromatic nitrogens is 2. The molecule has 3 aromatic heterocycles. The summed E-state index contributed by atoms with van der Waals surface area (Å²) in [6, 6.07) is 16.2. The van der Waals surface area contributed by atoms with Gasteiger partial charge in [0.2, 0.25) is 0 Å². The first kappa shape index (κ1) is 14.0. The van der Waals surface area contributed by atoms with E-state index in [9.17, 15) is 0 Å². The van der Waals surface area contributed by atoms with Gasteiger partial charge in [0.15, 0.2) is 11.6 Å². The van der Waals surface area contributed by atoms with Gasteiger partial charge in [0, 0.05) is 11.3 Å². The molecule has 0 amide bonds. The fraction of sp³-hybridized carbons (Fsp3) is 0.111. The molecule has 4 nitrogen and oxygen atoms in total. The molecule has 0 saturated carbocycles. The molecule has 0 radical (unpaired) electrons. The number of rotatable bonds is 3. The Kier molecular flexibility index (Phi) is 3.35. The first-order valence-electron chi connectivity index (χ1n) is 7.36. The standard InChI is InChI=1S/C18H15N3OS/c1-11-7-8-15(22-11)17-20-16(19)14-10-13(23-18(14)21-17)9-12-5-3-2-4-6-12/h2-8,10H,9H2,1H3,(H2,19,20,21). The Labute approximate surface area is 137 Å². The molecule has 3 heterocycles. The second-order valence-electron chi connectivity index (χ2n) is 5.44. The number of hydrogen-bond acceptors (Lipinski definition) is 5. The van der Waals surface area contributed by atoms with Gasteiger partial charge in [0.1, 0.15) is 16.4 Å². The van der Waals surface area contributed by atoms with E-state index >= 15 is 0 Å². The molecule has 23 heavy (non-hydrogen) atoms. The van der Waals surface area contributed by atoms with E-state index < -0.39 is 0 Å². The highest BCUT2D eigenvalue weighted by molar-refractivity contribution is 7.18. The summed E-state index contributed by atoms with van der Waals surface area (Å²) in [6.45, 7) is 1.90. The maximum atomic E-state index is 6.12. The van der Waals surface area contributed by atoms with Crippen molar-refractivity contribution in [2.75, 3.05) is 5.73 Å². The highest BCUT2D eigenvalue weighted by Crippen LogP contribution is 2.31. The number of aryl methyl sites for hydroxylation is 1. The van der Waals surface area contributed by atoms with E-state index in [1.807, 2.05) is 37.3 Å². The highest BCUT2D eigenvalue weighted by atomic mass is 32.1. The van der Waals surface area contributed by atoms with Crippen LogP contribution in [0.15, 0.2) is 52.9 Å². The van der Waals surface area contributed by atoms with Crippen molar-refractivity contribution in [1.29, 1.82) is 0 Å². The lowest BCUT2D eigenvalue weighted by molar-refractivity contribution is 0.544. The third kappa shape index (κ3) is 2.71. The minimum absolute atomic E-state index is 0.495. The van der Waals surface area contributed by atoms with E-state index in [1.165, 1.54) is 10.4 Å². The van der Waals surface area contributed by atoms with Crippen LogP contribution in [0.25, 0.3) is 21.8 Å². The van der Waals surface area contributed by atoms with Crippen molar-refractivity contribution in [2.45, 2.75) is 13.3 Å². The summed E-state index contributed by atoms with van der Waals surface area (Å²) in [5.74, 6) is 2.51. The lowest BCUT2D eigenvalue weighted by Crippen LogP contribution is -1.95. The highest BCUT2D eigenvalue weighted by Gasteiger charge is 2.13. The summed E-state index contributed by atoms with van der Waals surface area (Å²) in [7, 11) is 0. The topological polar surface area (TPSA) is 64.9 Å². The fourth-order valence-corrected chi connectivity index (χ4v) is 3.61. The summed E-state index contributed by atoms with van der Waals surface area (Å²) >= 11 is 1.65. The molecule has 0 bridgehead atoms. The summed E-state index contributed by atoms with van der Waals surface area (Å²) in [6.07, 6.45) is 0.872. The molecule has 4 aromatic rings. The number of furan rings is 1. The zero-order valence-corrected chi connectivity index (χ0v) is 13.4. The molecule has 5 heteroatoms. The van der Waals surface area contributed by atoms with Gasteiger partial charge in [-0.2, -0.15) is 0 Å². The average molecular weight is 321 g/mol. The largest absolute Gasteiger partial charge is 0.458 e. The quantitative estimate of drug-likeness (QED) is 0.606. The number of nitrogens with two attached hydrogens (primary N) is 1. The van der Waals surface area contributed by atoms with Crippen molar-refractivity contribution >= 4 is 27.4 Å². The SMILES string of the molecule is Cc1ccc(-c2nc(N)c3cc(Cc4ccccc4)sc3n2)o1. The molecule has 1 aromatic carbocycles. The molecular weight excluding hydrogens is 306 g/mol. The molecule has 114 valence electrons. The smallest absolute Gasteiger partial charge is 0.199 e. The Morgan fingerprint density at radius 2 is 1.91 bits per heavy atom. The molecule has 4 rings (SSSR count). The Bertz CT molecular complexity index is 973. The van der Waals surface area contributed by atoms with Crippen LogP contribution in [-0.4, -0.2) is 9.97 Å². The first-order chi connectivity index (χ1) is 11.2. The van der Waals surface area contributed by atoms with E-state index in [1.54, 1.807) is 11.3 Å². The maximum Gasteiger partial charge on any atom is 0.199 e. The van der Waals surface area contributed by atoms with Crippen LogP contribution in [0.3, 0.4) is 0 Å². The van der Waals surface area contributed by atoms with Crippen LogP contribution in [0, 0.1) is 6.92 Å². The Hall–Kier alpha value is -2.66. The molecule has 0 aliphatic rings. The first-order valence-corrected chi connectivity index (χ1v) is 8.17. The third-order valence-electron chi connectivity index (χ3n) is 3.66. The van der Waals surface area contributed by atoms with Crippen molar-refractivity contribution in [1.82, 2.24) is 9.97 Å². The number of hydrogen-bond donors (Lipinski definition) is 1. The van der Waals surface area contributed by atoms with Gasteiger partial charge in [-0.25, -0.2) is 9.97 Å². The van der Waals surface area contributed by atoms with E-state index in [-0.39, 0.29) is 0 Å². The van der Waals surface area contributed by atoms with Crippen molar-refractivity contribution in [3.8, 4) is 11.6 Å². The van der Waals surface area contributed by atoms with Gasteiger partial charge >= 0.3 is 0 Å². The number of thiophene rings is 1. The summed E-state index contributed by atoms with van der Waals surface area (Å²) in [5.41, 5.74) is 7.39. The summed E-state index contributed by atoms with van der Waals surface area (Å²) in [4.78, 5) is 11.1. The van der Waals surface area contributed by atoms with Gasteiger partial charge in [-0.3, -0.25) is 0 Å². The van der Waals surface area contributed by atoms with Gasteiger partial charge in [-0.05, 0) is 30.7 Å². The average Bonchev–Trinajstić information content (AvgIpc) is 3.14. The molecule has 0 fully saturated rings. The summed E-state index contributed by atoms with van der Waals surface area (Å²) in [5, 5.41) is 0.910. The fourth-order valence-electron chi connectivity index (χ4n) is 2.54. The minimum Gasteiger partial charge on any atom is -0.458 e. The molecule has 0 spiro atoms. The van der Waals surface area contributed by atoms with Gasteiger partial charge in [-0.15, -0.1) is 11.3 Å². The Balaban J connectivity index is 1.75. The van der Waals surface area contributed by atoms with Crippen LogP contribution in [0.2, 0.25) is 0 Å². The van der Waals surface area contributed by atoms with Crippen molar-refractivity contribution < 1.29 is 4.42 Å². The second-order valence-corrected chi connectivity index (χ2v) is 6.55. The molecule has 0 unspecified atom stereocenters.